The van der Waals surface area contributed by atoms with Crippen LogP contribution in [0.2, 0.25) is 5.02 Å². The molecule has 1 aliphatic heterocycles. The predicted octanol–water partition coefficient (Wildman–Crippen LogP) is 5.98. The molecule has 1 aliphatic rings. The zero-order valence-corrected chi connectivity index (χ0v) is 17.8. The number of hydrogen-bond donors (Lipinski definition) is 1. The first-order valence-electron chi connectivity index (χ1n) is 9.92. The lowest BCUT2D eigenvalue weighted by Gasteiger charge is -2.25. The van der Waals surface area contributed by atoms with Gasteiger partial charge in [-0.25, -0.2) is 0 Å². The van der Waals surface area contributed by atoms with Crippen molar-refractivity contribution in [2.45, 2.75) is 18.8 Å². The highest BCUT2D eigenvalue weighted by atomic mass is 35.5. The summed E-state index contributed by atoms with van der Waals surface area (Å²) < 4.78 is 39.5. The Hall–Kier alpha value is -3.58. The average Bonchev–Trinajstić information content (AvgIpc) is 3.04. The van der Waals surface area contributed by atoms with Gasteiger partial charge < -0.3 is 10.0 Å². The maximum absolute atomic E-state index is 13.2. The van der Waals surface area contributed by atoms with Gasteiger partial charge in [0.15, 0.2) is 0 Å². The highest BCUT2D eigenvalue weighted by Crippen LogP contribution is 2.40. The summed E-state index contributed by atoms with van der Waals surface area (Å²) in [6.45, 7) is -0.250. The van der Waals surface area contributed by atoms with Gasteiger partial charge >= 0.3 is 6.18 Å². The normalized spacial score (nSPS) is 18.1. The summed E-state index contributed by atoms with van der Waals surface area (Å²) in [6.07, 6.45) is -4.55. The molecule has 1 heterocycles. The largest absolute Gasteiger partial charge is 0.507 e. The fraction of sp³-hybridized carbons (Fsp3) is 0.120. The molecule has 3 aromatic rings. The molecule has 1 atom stereocenters. The van der Waals surface area contributed by atoms with Crippen molar-refractivity contribution < 1.29 is 27.9 Å². The molecule has 1 saturated heterocycles. The van der Waals surface area contributed by atoms with Crippen molar-refractivity contribution in [3.05, 3.63) is 112 Å². The molecule has 0 spiro atoms. The van der Waals surface area contributed by atoms with Crippen LogP contribution in [-0.4, -0.2) is 21.7 Å². The summed E-state index contributed by atoms with van der Waals surface area (Å²) >= 11 is 6.01. The Bertz CT molecular complexity index is 1260. The smallest absolute Gasteiger partial charge is 0.416 e. The summed E-state index contributed by atoms with van der Waals surface area (Å²) in [6, 6.07) is 18.3. The van der Waals surface area contributed by atoms with E-state index in [-0.39, 0.29) is 23.2 Å². The minimum absolute atomic E-state index is 0.152. The van der Waals surface area contributed by atoms with E-state index < -0.39 is 35.2 Å². The lowest BCUT2D eigenvalue weighted by atomic mass is 9.95. The van der Waals surface area contributed by atoms with Gasteiger partial charge in [0.05, 0.1) is 17.2 Å². The lowest BCUT2D eigenvalue weighted by Crippen LogP contribution is -2.29. The van der Waals surface area contributed by atoms with Crippen molar-refractivity contribution in [2.24, 2.45) is 0 Å². The molecule has 8 heteroatoms. The molecule has 0 aliphatic carbocycles. The third-order valence-electron chi connectivity index (χ3n) is 5.36. The number of alkyl halides is 3. The second-order valence-electron chi connectivity index (χ2n) is 7.55. The third kappa shape index (κ3) is 4.50. The molecule has 1 amide bonds. The maximum Gasteiger partial charge on any atom is 0.416 e. The number of nitrogens with zero attached hydrogens (tertiary/aromatic N) is 1. The maximum atomic E-state index is 13.2. The Morgan fingerprint density at radius 3 is 2.30 bits per heavy atom. The van der Waals surface area contributed by atoms with Crippen LogP contribution in [0, 0.1) is 0 Å². The molecular formula is C25H17ClF3NO3. The van der Waals surface area contributed by atoms with Crippen molar-refractivity contribution in [3.8, 4) is 0 Å². The van der Waals surface area contributed by atoms with Crippen LogP contribution < -0.4 is 0 Å². The number of aliphatic hydroxyl groups is 1. The Morgan fingerprint density at radius 1 is 0.939 bits per heavy atom. The van der Waals surface area contributed by atoms with Gasteiger partial charge in [-0.2, -0.15) is 13.2 Å². The van der Waals surface area contributed by atoms with Crippen molar-refractivity contribution in [3.63, 3.8) is 0 Å². The van der Waals surface area contributed by atoms with Crippen LogP contribution in [0.25, 0.3) is 5.76 Å². The van der Waals surface area contributed by atoms with E-state index in [0.29, 0.717) is 10.6 Å². The Morgan fingerprint density at radius 2 is 1.64 bits per heavy atom. The Balaban J connectivity index is 1.83. The SMILES string of the molecule is O=C1C(=O)N(Cc2cccc(C(F)(F)F)c2)C(c2ccccc2)/C1=C(\O)c1cccc(Cl)c1. The molecule has 1 unspecified atom stereocenters. The molecule has 0 saturated carbocycles. The van der Waals surface area contributed by atoms with Crippen molar-refractivity contribution in [1.82, 2.24) is 4.90 Å². The number of ketones is 1. The number of likely N-dealkylation sites (tertiary alicyclic amines) is 1. The topological polar surface area (TPSA) is 57.6 Å². The van der Waals surface area contributed by atoms with E-state index in [1.165, 1.54) is 23.1 Å². The van der Waals surface area contributed by atoms with E-state index in [4.69, 9.17) is 11.6 Å². The quantitative estimate of drug-likeness (QED) is 0.289. The van der Waals surface area contributed by atoms with E-state index in [1.54, 1.807) is 48.5 Å². The highest BCUT2D eigenvalue weighted by Gasteiger charge is 2.46. The number of carbonyl (C=O) groups is 2. The fourth-order valence-corrected chi connectivity index (χ4v) is 4.05. The van der Waals surface area contributed by atoms with E-state index >= 15 is 0 Å². The molecule has 4 rings (SSSR count). The van der Waals surface area contributed by atoms with Crippen LogP contribution in [0.4, 0.5) is 13.2 Å². The van der Waals surface area contributed by atoms with Crippen LogP contribution in [-0.2, 0) is 22.3 Å². The zero-order chi connectivity index (χ0) is 23.8. The Labute approximate surface area is 192 Å². The van der Waals surface area contributed by atoms with Gasteiger partial charge in [0.1, 0.15) is 5.76 Å². The number of rotatable bonds is 4. The van der Waals surface area contributed by atoms with Crippen LogP contribution >= 0.6 is 11.6 Å². The molecule has 168 valence electrons. The minimum Gasteiger partial charge on any atom is -0.507 e. The van der Waals surface area contributed by atoms with Gasteiger partial charge in [-0.1, -0.05) is 66.2 Å². The summed E-state index contributed by atoms with van der Waals surface area (Å²) in [4.78, 5) is 27.1. The summed E-state index contributed by atoms with van der Waals surface area (Å²) in [7, 11) is 0. The molecule has 0 radical (unpaired) electrons. The van der Waals surface area contributed by atoms with E-state index in [0.717, 1.165) is 12.1 Å². The van der Waals surface area contributed by atoms with Gasteiger partial charge in [0.2, 0.25) is 0 Å². The number of benzene rings is 3. The molecule has 1 fully saturated rings. The van der Waals surface area contributed by atoms with Crippen LogP contribution in [0.5, 0.6) is 0 Å². The molecule has 0 aromatic heterocycles. The molecule has 4 nitrogen and oxygen atoms in total. The molecule has 1 N–H and O–H groups in total. The predicted molar refractivity (Wildman–Crippen MR) is 117 cm³/mol. The highest BCUT2D eigenvalue weighted by molar-refractivity contribution is 6.46. The monoisotopic (exact) mass is 471 g/mol. The van der Waals surface area contributed by atoms with Crippen molar-refractivity contribution in [1.29, 1.82) is 0 Å². The number of hydrogen-bond acceptors (Lipinski definition) is 3. The molecule has 0 bridgehead atoms. The van der Waals surface area contributed by atoms with Gasteiger partial charge in [0, 0.05) is 17.1 Å². The van der Waals surface area contributed by atoms with E-state index in [1.807, 2.05) is 0 Å². The van der Waals surface area contributed by atoms with Gasteiger partial charge in [0.25, 0.3) is 11.7 Å². The first kappa shape index (κ1) is 22.6. The molecular weight excluding hydrogens is 455 g/mol. The number of halogens is 4. The molecule has 33 heavy (non-hydrogen) atoms. The first-order chi connectivity index (χ1) is 15.7. The fourth-order valence-electron chi connectivity index (χ4n) is 3.86. The van der Waals surface area contributed by atoms with Crippen molar-refractivity contribution >= 4 is 29.1 Å². The van der Waals surface area contributed by atoms with E-state index in [2.05, 4.69) is 0 Å². The van der Waals surface area contributed by atoms with Crippen LogP contribution in [0.3, 0.4) is 0 Å². The van der Waals surface area contributed by atoms with Gasteiger partial charge in [-0.05, 0) is 35.4 Å². The Kier molecular flexibility index (Phi) is 5.99. The molecule has 3 aromatic carbocycles. The number of amides is 1. The van der Waals surface area contributed by atoms with Crippen molar-refractivity contribution in [2.75, 3.05) is 0 Å². The average molecular weight is 472 g/mol. The number of Topliss-reactive ketones (excluding diaryl/α,β-unsaturated/α-hetero) is 1. The van der Waals surface area contributed by atoms with E-state index in [9.17, 15) is 27.9 Å². The van der Waals surface area contributed by atoms with Gasteiger partial charge in [-0.15, -0.1) is 0 Å². The third-order valence-corrected chi connectivity index (χ3v) is 5.60. The number of aliphatic hydroxyl groups excluding tert-OH is 1. The minimum atomic E-state index is -4.55. The first-order valence-corrected chi connectivity index (χ1v) is 10.3. The van der Waals surface area contributed by atoms with Crippen LogP contribution in [0.15, 0.2) is 84.4 Å². The zero-order valence-electron chi connectivity index (χ0n) is 17.0. The standard InChI is InChI=1S/C25H17ClF3NO3/c26-19-11-5-9-17(13-19)22(31)20-21(16-7-2-1-3-8-16)30(24(33)23(20)32)14-15-6-4-10-18(12-15)25(27,28)29/h1-13,21,31H,14H2/b22-20+. The van der Waals surface area contributed by atoms with Crippen LogP contribution in [0.1, 0.15) is 28.3 Å². The summed E-state index contributed by atoms with van der Waals surface area (Å²) in [5.41, 5.74) is -0.0182. The second-order valence-corrected chi connectivity index (χ2v) is 7.98. The van der Waals surface area contributed by atoms with Gasteiger partial charge in [-0.3, -0.25) is 9.59 Å². The number of carbonyl (C=O) groups excluding carboxylic acids is 2. The second kappa shape index (κ2) is 8.75. The summed E-state index contributed by atoms with van der Waals surface area (Å²) in [5.74, 6) is -2.24. The summed E-state index contributed by atoms with van der Waals surface area (Å²) in [5, 5.41) is 11.3. The lowest BCUT2D eigenvalue weighted by molar-refractivity contribution is -0.140.